The number of fused-ring (bicyclic) bond motifs is 1. The molecule has 1 aliphatic heterocycles. The van der Waals surface area contributed by atoms with Crippen LogP contribution in [0.4, 0.5) is 0 Å². The Morgan fingerprint density at radius 2 is 1.79 bits per heavy atom. The molecule has 2 saturated carbocycles. The van der Waals surface area contributed by atoms with E-state index >= 15 is 0 Å². The Balaban J connectivity index is 1.65. The number of hydrogen-bond donors (Lipinski definition) is 1. The highest BCUT2D eigenvalue weighted by molar-refractivity contribution is 5.83. The second-order valence-electron chi connectivity index (χ2n) is 6.15. The Morgan fingerprint density at radius 3 is 2.37 bits per heavy atom. The van der Waals surface area contributed by atoms with E-state index in [4.69, 9.17) is 9.84 Å². The summed E-state index contributed by atoms with van der Waals surface area (Å²) >= 11 is 0. The van der Waals surface area contributed by atoms with Gasteiger partial charge in [-0.1, -0.05) is 12.8 Å². The number of rotatable bonds is 2. The van der Waals surface area contributed by atoms with E-state index in [9.17, 15) is 9.59 Å². The molecule has 0 bridgehead atoms. The first-order chi connectivity index (χ1) is 9.08. The second-order valence-corrected chi connectivity index (χ2v) is 6.15. The normalized spacial score (nSPS) is 41.5. The summed E-state index contributed by atoms with van der Waals surface area (Å²) < 4.78 is 5.35. The molecule has 0 aromatic heterocycles. The van der Waals surface area contributed by atoms with Gasteiger partial charge in [0.25, 0.3) is 0 Å². The molecule has 1 heterocycles. The van der Waals surface area contributed by atoms with Crippen LogP contribution in [0.5, 0.6) is 0 Å². The third kappa shape index (κ3) is 2.36. The van der Waals surface area contributed by atoms with Gasteiger partial charge in [-0.15, -0.1) is 0 Å². The molecular formula is C14H21NO4. The molecule has 106 valence electrons. The highest BCUT2D eigenvalue weighted by Gasteiger charge is 2.56. The highest BCUT2D eigenvalue weighted by Crippen LogP contribution is 2.56. The van der Waals surface area contributed by atoms with Crippen LogP contribution >= 0.6 is 0 Å². The Labute approximate surface area is 112 Å². The van der Waals surface area contributed by atoms with Crippen molar-refractivity contribution in [1.29, 1.82) is 0 Å². The molecule has 3 rings (SSSR count). The lowest BCUT2D eigenvalue weighted by molar-refractivity contribution is -0.167. The molecular weight excluding hydrogens is 246 g/mol. The monoisotopic (exact) mass is 267 g/mol. The van der Waals surface area contributed by atoms with Gasteiger partial charge in [-0.05, 0) is 31.6 Å². The molecule has 5 heteroatoms. The molecule has 3 unspecified atom stereocenters. The smallest absolute Gasteiger partial charge is 0.334 e. The standard InChI is InChI=1S/C14H21NO4/c1-8-6-15(7-11(19-8)14(17)18)13(16)12-9-4-2-3-5-10(9)12/h8-12H,2-7H2,1H3,(H,17,18)/t8-,9?,10?,11?,12?/m1/s1. The van der Waals surface area contributed by atoms with Gasteiger partial charge in [0.15, 0.2) is 6.10 Å². The highest BCUT2D eigenvalue weighted by atomic mass is 16.5. The third-order valence-electron chi connectivity index (χ3n) is 4.79. The van der Waals surface area contributed by atoms with Crippen molar-refractivity contribution in [2.45, 2.75) is 44.8 Å². The van der Waals surface area contributed by atoms with Crippen molar-refractivity contribution in [3.05, 3.63) is 0 Å². The van der Waals surface area contributed by atoms with Crippen molar-refractivity contribution in [3.8, 4) is 0 Å². The quantitative estimate of drug-likeness (QED) is 0.814. The van der Waals surface area contributed by atoms with Crippen molar-refractivity contribution in [2.75, 3.05) is 13.1 Å². The molecule has 1 saturated heterocycles. The number of amides is 1. The van der Waals surface area contributed by atoms with Crippen LogP contribution in [0.25, 0.3) is 0 Å². The Bertz CT molecular complexity index is 385. The van der Waals surface area contributed by atoms with Crippen LogP contribution < -0.4 is 0 Å². The van der Waals surface area contributed by atoms with Crippen LogP contribution in [0.15, 0.2) is 0 Å². The van der Waals surface area contributed by atoms with Crippen molar-refractivity contribution < 1.29 is 19.4 Å². The van der Waals surface area contributed by atoms with E-state index in [1.54, 1.807) is 4.90 Å². The van der Waals surface area contributed by atoms with Gasteiger partial charge in [-0.2, -0.15) is 0 Å². The van der Waals surface area contributed by atoms with E-state index in [1.807, 2.05) is 6.92 Å². The zero-order chi connectivity index (χ0) is 13.6. The zero-order valence-corrected chi connectivity index (χ0v) is 11.2. The summed E-state index contributed by atoms with van der Waals surface area (Å²) in [6.45, 7) is 2.56. The molecule has 2 aliphatic carbocycles. The van der Waals surface area contributed by atoms with E-state index in [0.717, 1.165) is 0 Å². The molecule has 4 atom stereocenters. The summed E-state index contributed by atoms with van der Waals surface area (Å²) in [6, 6.07) is 0. The number of carboxylic acid groups (broad SMARTS) is 1. The maximum Gasteiger partial charge on any atom is 0.334 e. The molecule has 19 heavy (non-hydrogen) atoms. The molecule has 3 aliphatic rings. The van der Waals surface area contributed by atoms with Gasteiger partial charge in [0.1, 0.15) is 0 Å². The summed E-state index contributed by atoms with van der Waals surface area (Å²) in [5, 5.41) is 9.05. The van der Waals surface area contributed by atoms with Gasteiger partial charge >= 0.3 is 5.97 Å². The van der Waals surface area contributed by atoms with E-state index < -0.39 is 12.1 Å². The fourth-order valence-corrected chi connectivity index (χ4v) is 3.84. The van der Waals surface area contributed by atoms with Crippen LogP contribution in [0, 0.1) is 17.8 Å². The average Bonchev–Trinajstić information content (AvgIpc) is 3.11. The summed E-state index contributed by atoms with van der Waals surface area (Å²) in [6.07, 6.45) is 3.75. The first-order valence-corrected chi connectivity index (χ1v) is 7.25. The van der Waals surface area contributed by atoms with Crippen molar-refractivity contribution >= 4 is 11.9 Å². The molecule has 0 radical (unpaired) electrons. The summed E-state index contributed by atoms with van der Waals surface area (Å²) in [4.78, 5) is 25.3. The molecule has 1 N–H and O–H groups in total. The van der Waals surface area contributed by atoms with Gasteiger partial charge in [-0.25, -0.2) is 4.79 Å². The Kier molecular flexibility index (Phi) is 3.25. The predicted molar refractivity (Wildman–Crippen MR) is 67.5 cm³/mol. The van der Waals surface area contributed by atoms with E-state index in [2.05, 4.69) is 0 Å². The summed E-state index contributed by atoms with van der Waals surface area (Å²) in [7, 11) is 0. The number of nitrogens with zero attached hydrogens (tertiary/aromatic N) is 1. The van der Waals surface area contributed by atoms with Gasteiger partial charge < -0.3 is 14.7 Å². The molecule has 1 amide bonds. The average molecular weight is 267 g/mol. The number of carbonyl (C=O) groups excluding carboxylic acids is 1. The topological polar surface area (TPSA) is 66.8 Å². The Hall–Kier alpha value is -1.10. The molecule has 0 spiro atoms. The van der Waals surface area contributed by atoms with Crippen LogP contribution in [0.2, 0.25) is 0 Å². The van der Waals surface area contributed by atoms with E-state index in [-0.39, 0.29) is 24.5 Å². The third-order valence-corrected chi connectivity index (χ3v) is 4.79. The lowest BCUT2D eigenvalue weighted by Gasteiger charge is -2.35. The van der Waals surface area contributed by atoms with Crippen molar-refractivity contribution in [3.63, 3.8) is 0 Å². The Morgan fingerprint density at radius 1 is 1.16 bits per heavy atom. The van der Waals surface area contributed by atoms with Crippen LogP contribution in [0.3, 0.4) is 0 Å². The molecule has 0 aromatic carbocycles. The lowest BCUT2D eigenvalue weighted by Crippen LogP contribution is -2.52. The molecule has 3 fully saturated rings. The van der Waals surface area contributed by atoms with E-state index in [1.165, 1.54) is 25.7 Å². The molecule has 0 aromatic rings. The minimum atomic E-state index is -0.974. The van der Waals surface area contributed by atoms with Gasteiger partial charge in [0.05, 0.1) is 12.6 Å². The van der Waals surface area contributed by atoms with Gasteiger partial charge in [0.2, 0.25) is 5.91 Å². The molecule has 5 nitrogen and oxygen atoms in total. The number of aliphatic carboxylic acids is 1. The van der Waals surface area contributed by atoms with Gasteiger partial charge in [0, 0.05) is 12.5 Å². The van der Waals surface area contributed by atoms with Crippen LogP contribution in [0.1, 0.15) is 32.6 Å². The predicted octanol–water partition coefficient (Wildman–Crippen LogP) is 1.12. The van der Waals surface area contributed by atoms with Crippen LogP contribution in [-0.4, -0.2) is 47.2 Å². The summed E-state index contributed by atoms with van der Waals surface area (Å²) in [5.41, 5.74) is 0. The zero-order valence-electron chi connectivity index (χ0n) is 11.2. The largest absolute Gasteiger partial charge is 0.479 e. The van der Waals surface area contributed by atoms with Gasteiger partial charge in [-0.3, -0.25) is 4.79 Å². The number of carboxylic acids is 1. The number of hydrogen-bond acceptors (Lipinski definition) is 3. The lowest BCUT2D eigenvalue weighted by atomic mass is 10.0. The fourth-order valence-electron chi connectivity index (χ4n) is 3.84. The second kappa shape index (κ2) is 4.78. The van der Waals surface area contributed by atoms with E-state index in [0.29, 0.717) is 18.4 Å². The number of ether oxygens (including phenoxy) is 1. The number of morpholine rings is 1. The van der Waals surface area contributed by atoms with Crippen LogP contribution in [-0.2, 0) is 14.3 Å². The first kappa shape index (κ1) is 12.9. The minimum Gasteiger partial charge on any atom is -0.479 e. The van der Waals surface area contributed by atoms with Crippen molar-refractivity contribution in [2.24, 2.45) is 17.8 Å². The fraction of sp³-hybridized carbons (Fsp3) is 0.857. The first-order valence-electron chi connectivity index (χ1n) is 7.25. The number of carbonyl (C=O) groups is 2. The SMILES string of the molecule is C[C@@H]1CN(C(=O)C2C3CCCCC32)CC(C(=O)O)O1. The minimum absolute atomic E-state index is 0.165. The van der Waals surface area contributed by atoms with Crippen molar-refractivity contribution in [1.82, 2.24) is 4.90 Å². The maximum atomic E-state index is 12.5. The maximum absolute atomic E-state index is 12.5. The summed E-state index contributed by atoms with van der Waals surface area (Å²) in [5.74, 6) is 0.503.